The van der Waals surface area contributed by atoms with Gasteiger partial charge in [-0.25, -0.2) is 0 Å². The van der Waals surface area contributed by atoms with Crippen LogP contribution in [0, 0.1) is 0 Å². The summed E-state index contributed by atoms with van der Waals surface area (Å²) >= 11 is 0. The lowest BCUT2D eigenvalue weighted by molar-refractivity contribution is 0.0907. The van der Waals surface area contributed by atoms with E-state index >= 15 is 0 Å². The van der Waals surface area contributed by atoms with E-state index in [9.17, 15) is 4.79 Å². The highest BCUT2D eigenvalue weighted by molar-refractivity contribution is 5.91. The van der Waals surface area contributed by atoms with Crippen molar-refractivity contribution < 1.29 is 14.4 Å². The predicted molar refractivity (Wildman–Crippen MR) is 54.6 cm³/mol. The number of hydrogen-bond donors (Lipinski definition) is 2. The van der Waals surface area contributed by atoms with E-state index in [1.165, 1.54) is 0 Å². The van der Waals surface area contributed by atoms with Gasteiger partial charge in [-0.1, -0.05) is 19.0 Å². The smallest absolute Gasteiger partial charge is 0.289 e. The Morgan fingerprint density at radius 1 is 1.73 bits per heavy atom. The SMILES string of the molecule is CCC(C)c1cc(C(=O)NCCO)on1. The van der Waals surface area contributed by atoms with Crippen molar-refractivity contribution in [1.82, 2.24) is 10.5 Å². The topological polar surface area (TPSA) is 75.4 Å². The summed E-state index contributed by atoms with van der Waals surface area (Å²) in [5.41, 5.74) is 0.784. The summed E-state index contributed by atoms with van der Waals surface area (Å²) in [4.78, 5) is 11.4. The van der Waals surface area contributed by atoms with Crippen molar-refractivity contribution in [2.45, 2.75) is 26.2 Å². The fraction of sp³-hybridized carbons (Fsp3) is 0.600. The first-order valence-electron chi connectivity index (χ1n) is 5.04. The third-order valence-corrected chi connectivity index (χ3v) is 2.27. The number of rotatable bonds is 5. The number of nitrogens with zero attached hydrogens (tertiary/aromatic N) is 1. The molecule has 0 saturated heterocycles. The molecule has 0 aliphatic heterocycles. The molecule has 0 aromatic carbocycles. The van der Waals surface area contributed by atoms with Gasteiger partial charge >= 0.3 is 0 Å². The lowest BCUT2D eigenvalue weighted by Gasteiger charge is -2.00. The molecule has 1 heterocycles. The van der Waals surface area contributed by atoms with Crippen LogP contribution >= 0.6 is 0 Å². The van der Waals surface area contributed by atoms with Gasteiger partial charge < -0.3 is 14.9 Å². The molecular weight excluding hydrogens is 196 g/mol. The van der Waals surface area contributed by atoms with Gasteiger partial charge in [0, 0.05) is 18.5 Å². The van der Waals surface area contributed by atoms with Crippen LogP contribution in [-0.4, -0.2) is 29.3 Å². The third-order valence-electron chi connectivity index (χ3n) is 2.27. The van der Waals surface area contributed by atoms with Gasteiger partial charge in [0.25, 0.3) is 5.91 Å². The van der Waals surface area contributed by atoms with E-state index in [1.54, 1.807) is 6.07 Å². The summed E-state index contributed by atoms with van der Waals surface area (Å²) in [6.07, 6.45) is 0.949. The van der Waals surface area contributed by atoms with Crippen molar-refractivity contribution in [3.63, 3.8) is 0 Å². The molecule has 1 amide bonds. The van der Waals surface area contributed by atoms with Crippen LogP contribution in [0.3, 0.4) is 0 Å². The Balaban J connectivity index is 2.63. The van der Waals surface area contributed by atoms with Crippen LogP contribution in [-0.2, 0) is 0 Å². The third kappa shape index (κ3) is 3.06. The van der Waals surface area contributed by atoms with E-state index in [4.69, 9.17) is 9.63 Å². The second-order valence-corrected chi connectivity index (χ2v) is 3.40. The number of aliphatic hydroxyl groups excluding tert-OH is 1. The van der Waals surface area contributed by atoms with E-state index < -0.39 is 0 Å². The summed E-state index contributed by atoms with van der Waals surface area (Å²) < 4.78 is 4.90. The van der Waals surface area contributed by atoms with Gasteiger partial charge in [0.05, 0.1) is 12.3 Å². The van der Waals surface area contributed by atoms with Crippen molar-refractivity contribution in [3.05, 3.63) is 17.5 Å². The Hall–Kier alpha value is -1.36. The molecule has 0 aliphatic rings. The molecule has 5 nitrogen and oxygen atoms in total. The number of carbonyl (C=O) groups is 1. The molecule has 1 aromatic heterocycles. The fourth-order valence-corrected chi connectivity index (χ4v) is 1.09. The maximum Gasteiger partial charge on any atom is 0.289 e. The highest BCUT2D eigenvalue weighted by Gasteiger charge is 2.14. The minimum Gasteiger partial charge on any atom is -0.395 e. The molecule has 5 heteroatoms. The van der Waals surface area contributed by atoms with E-state index in [0.29, 0.717) is 0 Å². The first kappa shape index (κ1) is 11.7. The van der Waals surface area contributed by atoms with Gasteiger partial charge in [0.15, 0.2) is 0 Å². The molecule has 0 saturated carbocycles. The number of hydrogen-bond acceptors (Lipinski definition) is 4. The normalized spacial score (nSPS) is 12.5. The van der Waals surface area contributed by atoms with Crippen molar-refractivity contribution in [1.29, 1.82) is 0 Å². The zero-order valence-electron chi connectivity index (χ0n) is 8.99. The van der Waals surface area contributed by atoms with Crippen LogP contribution in [0.4, 0.5) is 0 Å². The highest BCUT2D eigenvalue weighted by atomic mass is 16.5. The number of aromatic nitrogens is 1. The second kappa shape index (κ2) is 5.50. The maximum atomic E-state index is 11.4. The molecule has 84 valence electrons. The fourth-order valence-electron chi connectivity index (χ4n) is 1.09. The minimum absolute atomic E-state index is 0.0852. The van der Waals surface area contributed by atoms with Crippen LogP contribution in [0.15, 0.2) is 10.6 Å². The Labute approximate surface area is 88.5 Å². The number of nitrogens with one attached hydrogen (secondary N) is 1. The van der Waals surface area contributed by atoms with Crippen molar-refractivity contribution >= 4 is 5.91 Å². The summed E-state index contributed by atoms with van der Waals surface area (Å²) in [7, 11) is 0. The van der Waals surface area contributed by atoms with Gasteiger partial charge in [-0.15, -0.1) is 0 Å². The largest absolute Gasteiger partial charge is 0.395 e. The number of carbonyl (C=O) groups excluding carboxylic acids is 1. The lowest BCUT2D eigenvalue weighted by Crippen LogP contribution is -2.25. The van der Waals surface area contributed by atoms with E-state index in [2.05, 4.69) is 10.5 Å². The molecule has 0 bridgehead atoms. The molecule has 1 atom stereocenters. The molecule has 15 heavy (non-hydrogen) atoms. The van der Waals surface area contributed by atoms with E-state index in [-0.39, 0.29) is 30.7 Å². The van der Waals surface area contributed by atoms with Gasteiger partial charge in [-0.05, 0) is 6.42 Å². The van der Waals surface area contributed by atoms with E-state index in [1.807, 2.05) is 13.8 Å². The molecule has 2 N–H and O–H groups in total. The Kier molecular flexibility index (Phi) is 4.30. The van der Waals surface area contributed by atoms with Crippen LogP contribution in [0.5, 0.6) is 0 Å². The molecule has 1 unspecified atom stereocenters. The predicted octanol–water partition coefficient (Wildman–Crippen LogP) is 0.910. The summed E-state index contributed by atoms with van der Waals surface area (Å²) in [5, 5.41) is 14.8. The highest BCUT2D eigenvalue weighted by Crippen LogP contribution is 2.17. The zero-order valence-corrected chi connectivity index (χ0v) is 8.99. The Bertz CT molecular complexity index is 322. The summed E-state index contributed by atoms with van der Waals surface area (Å²) in [6, 6.07) is 1.64. The minimum atomic E-state index is -0.342. The number of amides is 1. The van der Waals surface area contributed by atoms with Crippen LogP contribution in [0.1, 0.15) is 42.4 Å². The summed E-state index contributed by atoms with van der Waals surface area (Å²) in [6.45, 7) is 4.20. The second-order valence-electron chi connectivity index (χ2n) is 3.40. The molecule has 0 fully saturated rings. The average molecular weight is 212 g/mol. The van der Waals surface area contributed by atoms with Crippen LogP contribution in [0.25, 0.3) is 0 Å². The Morgan fingerprint density at radius 3 is 3.07 bits per heavy atom. The first-order chi connectivity index (χ1) is 7.19. The monoisotopic (exact) mass is 212 g/mol. The summed E-state index contributed by atoms with van der Waals surface area (Å²) in [5.74, 6) is 0.137. The molecule has 1 aromatic rings. The zero-order chi connectivity index (χ0) is 11.3. The average Bonchev–Trinajstić information content (AvgIpc) is 2.74. The quantitative estimate of drug-likeness (QED) is 0.760. The number of aliphatic hydroxyl groups is 1. The maximum absolute atomic E-state index is 11.4. The molecular formula is C10H16N2O3. The molecule has 1 rings (SSSR count). The first-order valence-corrected chi connectivity index (χ1v) is 5.04. The van der Waals surface area contributed by atoms with Gasteiger partial charge in [0.1, 0.15) is 0 Å². The molecule has 0 aliphatic carbocycles. The molecule has 0 radical (unpaired) electrons. The van der Waals surface area contributed by atoms with Gasteiger partial charge in [-0.3, -0.25) is 4.79 Å². The van der Waals surface area contributed by atoms with Crippen LogP contribution < -0.4 is 5.32 Å². The van der Waals surface area contributed by atoms with Crippen molar-refractivity contribution in [2.24, 2.45) is 0 Å². The lowest BCUT2D eigenvalue weighted by atomic mass is 10.1. The standard InChI is InChI=1S/C10H16N2O3/c1-3-7(2)8-6-9(15-12-8)10(14)11-4-5-13/h6-7,13H,3-5H2,1-2H3,(H,11,14). The van der Waals surface area contributed by atoms with E-state index in [0.717, 1.165) is 12.1 Å². The Morgan fingerprint density at radius 2 is 2.47 bits per heavy atom. The van der Waals surface area contributed by atoms with Gasteiger partial charge in [0.2, 0.25) is 5.76 Å². The van der Waals surface area contributed by atoms with Crippen molar-refractivity contribution in [2.75, 3.05) is 13.2 Å². The van der Waals surface area contributed by atoms with Crippen molar-refractivity contribution in [3.8, 4) is 0 Å². The van der Waals surface area contributed by atoms with Crippen LogP contribution in [0.2, 0.25) is 0 Å². The van der Waals surface area contributed by atoms with Gasteiger partial charge in [-0.2, -0.15) is 0 Å². The molecule has 0 spiro atoms.